The molecule has 0 aliphatic carbocycles. The number of imide groups is 1. The molecule has 0 unspecified atom stereocenters. The Kier molecular flexibility index (Phi) is 13.8. The molecule has 3 aromatic carbocycles. The van der Waals surface area contributed by atoms with Gasteiger partial charge >= 0.3 is 5.97 Å². The van der Waals surface area contributed by atoms with E-state index in [-0.39, 0.29) is 37.4 Å². The van der Waals surface area contributed by atoms with E-state index >= 15 is 0 Å². The summed E-state index contributed by atoms with van der Waals surface area (Å²) in [6.07, 6.45) is 0.123. The first kappa shape index (κ1) is 34.9. The first-order chi connectivity index (χ1) is 22.4. The highest BCUT2D eigenvalue weighted by molar-refractivity contribution is 6.31. The first-order valence-corrected chi connectivity index (χ1v) is 15.5. The van der Waals surface area contributed by atoms with Crippen molar-refractivity contribution >= 4 is 45.0 Å². The van der Waals surface area contributed by atoms with Crippen molar-refractivity contribution in [3.63, 3.8) is 0 Å². The fraction of sp³-hybridized carbons (Fsp3) is 0.485. The number of benzene rings is 3. The fourth-order valence-electron chi connectivity index (χ4n) is 5.06. The van der Waals surface area contributed by atoms with Crippen LogP contribution < -0.4 is 5.32 Å². The van der Waals surface area contributed by atoms with Gasteiger partial charge in [-0.2, -0.15) is 5.11 Å². The number of esters is 1. The molecule has 0 spiro atoms. The van der Waals surface area contributed by atoms with Crippen molar-refractivity contribution in [2.75, 3.05) is 105 Å². The molecule has 0 fully saturated rings. The number of amides is 2. The van der Waals surface area contributed by atoms with Crippen LogP contribution >= 0.6 is 0 Å². The lowest BCUT2D eigenvalue weighted by Crippen LogP contribution is -2.43. The van der Waals surface area contributed by atoms with E-state index in [1.165, 1.54) is 4.90 Å². The lowest BCUT2D eigenvalue weighted by molar-refractivity contribution is -0.144. The van der Waals surface area contributed by atoms with Crippen molar-refractivity contribution in [2.45, 2.75) is 6.42 Å². The summed E-state index contributed by atoms with van der Waals surface area (Å²) in [4.78, 5) is 42.6. The third kappa shape index (κ3) is 9.50. The van der Waals surface area contributed by atoms with Gasteiger partial charge in [0.2, 0.25) is 0 Å². The lowest BCUT2D eigenvalue weighted by Gasteiger charge is -2.29. The molecule has 1 aliphatic rings. The number of anilines is 1. The van der Waals surface area contributed by atoms with Crippen LogP contribution in [0.15, 0.2) is 47.6 Å². The van der Waals surface area contributed by atoms with E-state index < -0.39 is 0 Å². The van der Waals surface area contributed by atoms with Crippen molar-refractivity contribution in [1.29, 1.82) is 5.53 Å². The molecular formula is C33H43N5O8. The Balaban J connectivity index is 1.21. The molecule has 3 aromatic rings. The second-order valence-electron chi connectivity index (χ2n) is 10.8. The average molecular weight is 638 g/mol. The maximum atomic E-state index is 13.7. The number of rotatable bonds is 22. The molecule has 46 heavy (non-hydrogen) atoms. The molecular weight excluding hydrogens is 594 g/mol. The number of nitrogens with zero attached hydrogens (tertiary/aromatic N) is 3. The van der Waals surface area contributed by atoms with Gasteiger partial charge in [0, 0.05) is 41.7 Å². The lowest BCUT2D eigenvalue weighted by atomic mass is 9.88. The minimum atomic E-state index is -0.369. The molecule has 2 amide bonds. The standard InChI is InChI=1S/C33H43N5O8/c1-37(2)12-13-38-32(40)26-7-8-28(27-23-24-5-3-4-6-25(24)31(30(26)27)33(38)41)35-10-16-46-29(39)9-14-42-17-19-44-21-22-45-20-18-43-15-11-36-34/h3-8,23,34-35H,9-22H2,1-2H3. The highest BCUT2D eigenvalue weighted by Crippen LogP contribution is 2.39. The van der Waals surface area contributed by atoms with Gasteiger partial charge in [-0.05, 0) is 43.1 Å². The van der Waals surface area contributed by atoms with Gasteiger partial charge in [0.25, 0.3) is 11.8 Å². The minimum Gasteiger partial charge on any atom is -0.464 e. The molecule has 2 N–H and O–H groups in total. The van der Waals surface area contributed by atoms with Crippen LogP contribution in [-0.4, -0.2) is 127 Å². The Labute approximate surface area is 268 Å². The normalized spacial score (nSPS) is 12.8. The summed E-state index contributed by atoms with van der Waals surface area (Å²) < 4.78 is 26.8. The summed E-state index contributed by atoms with van der Waals surface area (Å²) >= 11 is 0. The van der Waals surface area contributed by atoms with Gasteiger partial charge in [-0.15, -0.1) is 0 Å². The molecule has 248 valence electrons. The third-order valence-electron chi connectivity index (χ3n) is 7.33. The Morgan fingerprint density at radius 3 is 2.22 bits per heavy atom. The van der Waals surface area contributed by atoms with Gasteiger partial charge in [-0.3, -0.25) is 19.3 Å². The highest BCUT2D eigenvalue weighted by atomic mass is 16.6. The van der Waals surface area contributed by atoms with Crippen molar-refractivity contribution < 1.29 is 38.1 Å². The minimum absolute atomic E-state index is 0.123. The molecule has 0 atom stereocenters. The molecule has 13 heteroatoms. The van der Waals surface area contributed by atoms with Crippen LogP contribution in [0.4, 0.5) is 5.69 Å². The van der Waals surface area contributed by atoms with Crippen molar-refractivity contribution in [3.05, 3.63) is 53.6 Å². The van der Waals surface area contributed by atoms with Crippen molar-refractivity contribution in [1.82, 2.24) is 9.80 Å². The van der Waals surface area contributed by atoms with Crippen LogP contribution in [-0.2, 0) is 28.5 Å². The van der Waals surface area contributed by atoms with Gasteiger partial charge in [-0.1, -0.05) is 24.3 Å². The zero-order valence-electron chi connectivity index (χ0n) is 26.5. The number of hydrogen-bond donors (Lipinski definition) is 2. The van der Waals surface area contributed by atoms with Crippen LogP contribution in [0.25, 0.3) is 21.5 Å². The van der Waals surface area contributed by atoms with E-state index in [0.29, 0.717) is 88.9 Å². The number of likely N-dealkylation sites (N-methyl/N-ethyl adjacent to an activating group) is 1. The van der Waals surface area contributed by atoms with Crippen LogP contribution in [0.2, 0.25) is 0 Å². The third-order valence-corrected chi connectivity index (χ3v) is 7.33. The predicted octanol–water partition coefficient (Wildman–Crippen LogP) is 3.59. The second kappa shape index (κ2) is 18.2. The SMILES string of the molecule is CN(C)CCN1C(=O)c2ccc(NCCOC(=O)CCOCCOCCOCCOCCN=N)c3cc4ccccc4c(c23)C1=O. The van der Waals surface area contributed by atoms with Gasteiger partial charge in [0.1, 0.15) is 6.61 Å². The average Bonchev–Trinajstić information content (AvgIpc) is 3.05. The monoisotopic (exact) mass is 637 g/mol. The maximum absolute atomic E-state index is 13.7. The van der Waals surface area contributed by atoms with E-state index in [1.807, 2.05) is 55.4 Å². The number of fused-ring (bicyclic) bond motifs is 2. The summed E-state index contributed by atoms with van der Waals surface area (Å²) in [6, 6.07) is 13.3. The van der Waals surface area contributed by atoms with E-state index in [1.54, 1.807) is 6.07 Å². The van der Waals surface area contributed by atoms with E-state index in [2.05, 4.69) is 10.4 Å². The molecule has 1 aliphatic heterocycles. The smallest absolute Gasteiger partial charge is 0.308 e. The zero-order chi connectivity index (χ0) is 32.7. The Bertz CT molecular complexity index is 1500. The van der Waals surface area contributed by atoms with Crippen molar-refractivity contribution in [2.24, 2.45) is 5.11 Å². The highest BCUT2D eigenvalue weighted by Gasteiger charge is 2.34. The van der Waals surface area contributed by atoms with Crippen LogP contribution in [0.5, 0.6) is 0 Å². The van der Waals surface area contributed by atoms with Crippen molar-refractivity contribution in [3.8, 4) is 0 Å². The molecule has 0 bridgehead atoms. The largest absolute Gasteiger partial charge is 0.464 e. The van der Waals surface area contributed by atoms with E-state index in [0.717, 1.165) is 21.8 Å². The summed E-state index contributed by atoms with van der Waals surface area (Å²) in [7, 11) is 3.82. The van der Waals surface area contributed by atoms with Crippen LogP contribution in [0, 0.1) is 5.53 Å². The Morgan fingerprint density at radius 1 is 0.848 bits per heavy atom. The predicted molar refractivity (Wildman–Crippen MR) is 173 cm³/mol. The van der Waals surface area contributed by atoms with Gasteiger partial charge in [0.05, 0.1) is 71.4 Å². The summed E-state index contributed by atoms with van der Waals surface area (Å²) in [5.74, 6) is -0.956. The fourth-order valence-corrected chi connectivity index (χ4v) is 5.06. The molecule has 1 heterocycles. The van der Waals surface area contributed by atoms with Gasteiger partial charge in [-0.25, -0.2) is 5.53 Å². The maximum Gasteiger partial charge on any atom is 0.308 e. The summed E-state index contributed by atoms with van der Waals surface area (Å²) in [5.41, 5.74) is 8.45. The number of hydrogen-bond acceptors (Lipinski definition) is 12. The van der Waals surface area contributed by atoms with Crippen LogP contribution in [0.3, 0.4) is 0 Å². The van der Waals surface area contributed by atoms with Gasteiger partial charge in [0.15, 0.2) is 0 Å². The molecule has 4 rings (SSSR count). The van der Waals surface area contributed by atoms with E-state index in [4.69, 9.17) is 29.2 Å². The summed E-state index contributed by atoms with van der Waals surface area (Å²) in [5, 5.41) is 9.65. The molecule has 13 nitrogen and oxygen atoms in total. The molecule has 0 aromatic heterocycles. The Hall–Kier alpha value is -4.01. The number of ether oxygens (including phenoxy) is 5. The quantitative estimate of drug-likeness (QED) is 0.0550. The van der Waals surface area contributed by atoms with E-state index in [9.17, 15) is 14.4 Å². The topological polar surface area (TPSA) is 152 Å². The zero-order valence-corrected chi connectivity index (χ0v) is 26.5. The number of carbonyl (C=O) groups is 3. The molecule has 0 radical (unpaired) electrons. The second-order valence-corrected chi connectivity index (χ2v) is 10.8. The molecule has 0 saturated carbocycles. The first-order valence-electron chi connectivity index (χ1n) is 15.5. The number of nitrogens with one attached hydrogen (secondary N) is 2. The summed E-state index contributed by atoms with van der Waals surface area (Å²) in [6.45, 7) is 4.89. The Morgan fingerprint density at radius 2 is 1.52 bits per heavy atom. The molecule has 0 saturated heterocycles. The van der Waals surface area contributed by atoms with Gasteiger partial charge < -0.3 is 33.9 Å². The van der Waals surface area contributed by atoms with Crippen LogP contribution in [0.1, 0.15) is 27.1 Å². The number of carbonyl (C=O) groups excluding carboxylic acids is 3.